The summed E-state index contributed by atoms with van der Waals surface area (Å²) in [6.07, 6.45) is 1.37. The number of hydrogen-bond acceptors (Lipinski definition) is 3. The normalized spacial score (nSPS) is 12.4. The Balaban J connectivity index is 2.47. The van der Waals surface area contributed by atoms with Crippen LogP contribution in [-0.4, -0.2) is 31.1 Å². The number of ether oxygens (including phenoxy) is 1. The van der Waals surface area contributed by atoms with E-state index in [1.165, 1.54) is 12.3 Å². The highest BCUT2D eigenvalue weighted by atomic mass is 79.9. The average Bonchev–Trinajstić information content (AvgIpc) is 2.32. The van der Waals surface area contributed by atoms with Crippen molar-refractivity contribution in [1.29, 1.82) is 0 Å². The summed E-state index contributed by atoms with van der Waals surface area (Å²) in [6.45, 7) is 2.46. The second kappa shape index (κ2) is 8.19. The van der Waals surface area contributed by atoms with Crippen molar-refractivity contribution in [3.8, 4) is 0 Å². The topological polar surface area (TPSA) is 45.6 Å². The molecule has 19 heavy (non-hydrogen) atoms. The predicted molar refractivity (Wildman–Crippen MR) is 81.9 cm³/mol. The summed E-state index contributed by atoms with van der Waals surface area (Å²) >= 11 is 8.21. The van der Waals surface area contributed by atoms with Crippen molar-refractivity contribution in [2.75, 3.05) is 13.7 Å². The number of methoxy groups -OCH3 is 1. The molecule has 0 unspecified atom stereocenters. The quantitative estimate of drug-likeness (QED) is 0.487. The van der Waals surface area contributed by atoms with E-state index in [1.807, 2.05) is 6.92 Å². The number of hydrazone groups is 1. The number of thiocarbonyl (C=S) groups is 1. The van der Waals surface area contributed by atoms with Crippen LogP contribution >= 0.6 is 28.1 Å². The Kier molecular flexibility index (Phi) is 6.90. The van der Waals surface area contributed by atoms with Crippen LogP contribution in [-0.2, 0) is 4.74 Å². The Morgan fingerprint density at radius 1 is 1.63 bits per heavy atom. The third-order valence-electron chi connectivity index (χ3n) is 2.13. The molecular weight excluding hydrogens is 333 g/mol. The number of nitrogens with one attached hydrogen (secondary N) is 2. The van der Waals surface area contributed by atoms with Crippen molar-refractivity contribution < 1.29 is 9.13 Å². The number of nitrogens with zero attached hydrogens (tertiary/aromatic N) is 1. The highest BCUT2D eigenvalue weighted by molar-refractivity contribution is 9.10. The molecule has 0 bridgehead atoms. The van der Waals surface area contributed by atoms with E-state index in [2.05, 4.69) is 31.8 Å². The predicted octanol–water partition coefficient (Wildman–Crippen LogP) is 2.42. The minimum absolute atomic E-state index is 0.0737. The maximum Gasteiger partial charge on any atom is 0.187 e. The van der Waals surface area contributed by atoms with Crippen molar-refractivity contribution >= 4 is 39.5 Å². The van der Waals surface area contributed by atoms with Gasteiger partial charge >= 0.3 is 0 Å². The first-order valence-electron chi connectivity index (χ1n) is 5.56. The molecule has 4 nitrogen and oxygen atoms in total. The lowest BCUT2D eigenvalue weighted by molar-refractivity contribution is 0.179. The molecule has 0 aromatic heterocycles. The van der Waals surface area contributed by atoms with Crippen LogP contribution in [0.5, 0.6) is 0 Å². The minimum Gasteiger partial charge on any atom is -0.383 e. The van der Waals surface area contributed by atoms with E-state index < -0.39 is 0 Å². The molecule has 0 aliphatic heterocycles. The lowest BCUT2D eigenvalue weighted by Gasteiger charge is -2.13. The van der Waals surface area contributed by atoms with E-state index >= 15 is 0 Å². The van der Waals surface area contributed by atoms with Crippen molar-refractivity contribution in [1.82, 2.24) is 10.7 Å². The van der Waals surface area contributed by atoms with Gasteiger partial charge in [-0.15, -0.1) is 0 Å². The zero-order valence-electron chi connectivity index (χ0n) is 10.6. The Bertz CT molecular complexity index is 470. The van der Waals surface area contributed by atoms with E-state index in [9.17, 15) is 4.39 Å². The lowest BCUT2D eigenvalue weighted by atomic mass is 10.2. The number of halogens is 2. The van der Waals surface area contributed by atoms with E-state index in [0.717, 1.165) is 0 Å². The van der Waals surface area contributed by atoms with Crippen LogP contribution in [0.4, 0.5) is 4.39 Å². The van der Waals surface area contributed by atoms with Gasteiger partial charge in [-0.25, -0.2) is 4.39 Å². The Morgan fingerprint density at radius 3 is 3.00 bits per heavy atom. The lowest BCUT2D eigenvalue weighted by Crippen LogP contribution is -2.40. The highest BCUT2D eigenvalue weighted by Gasteiger charge is 2.02. The van der Waals surface area contributed by atoms with Gasteiger partial charge in [0.2, 0.25) is 0 Å². The smallest absolute Gasteiger partial charge is 0.187 e. The van der Waals surface area contributed by atoms with Crippen LogP contribution in [0.3, 0.4) is 0 Å². The summed E-state index contributed by atoms with van der Waals surface area (Å²) in [5, 5.41) is 7.20. The number of benzene rings is 1. The van der Waals surface area contributed by atoms with E-state index in [0.29, 0.717) is 21.8 Å². The second-order valence-electron chi connectivity index (χ2n) is 3.87. The summed E-state index contributed by atoms with van der Waals surface area (Å²) < 4.78 is 19.1. The molecule has 0 heterocycles. The van der Waals surface area contributed by atoms with Gasteiger partial charge in [0.15, 0.2) is 5.11 Å². The van der Waals surface area contributed by atoms with Crippen LogP contribution in [0.2, 0.25) is 0 Å². The Labute approximate surface area is 125 Å². The van der Waals surface area contributed by atoms with Gasteiger partial charge in [0.1, 0.15) is 5.82 Å². The van der Waals surface area contributed by atoms with Crippen molar-refractivity contribution in [2.24, 2.45) is 5.10 Å². The first-order valence-corrected chi connectivity index (χ1v) is 6.76. The fourth-order valence-corrected chi connectivity index (χ4v) is 1.90. The number of hydrogen-bond donors (Lipinski definition) is 2. The summed E-state index contributed by atoms with van der Waals surface area (Å²) in [6, 6.07) is 4.80. The third-order valence-corrected chi connectivity index (χ3v) is 2.83. The molecule has 0 aliphatic carbocycles. The van der Waals surface area contributed by atoms with Gasteiger partial charge in [-0.3, -0.25) is 5.43 Å². The molecule has 1 aromatic rings. The Morgan fingerprint density at radius 2 is 2.37 bits per heavy atom. The van der Waals surface area contributed by atoms with Gasteiger partial charge in [-0.1, -0.05) is 15.9 Å². The molecule has 0 radical (unpaired) electrons. The molecule has 0 fully saturated rings. The molecule has 0 saturated heterocycles. The molecule has 0 saturated carbocycles. The third kappa shape index (κ3) is 6.09. The minimum atomic E-state index is -0.355. The SMILES string of the molecule is COC[C@H](C)NC(=S)N/N=C\c1ccc(Br)cc1F. The van der Waals surface area contributed by atoms with E-state index in [4.69, 9.17) is 17.0 Å². The molecular formula is C12H15BrFN3OS. The molecule has 0 spiro atoms. The molecule has 0 aliphatic rings. The number of rotatable bonds is 5. The van der Waals surface area contributed by atoms with Gasteiger partial charge in [0, 0.05) is 23.2 Å². The molecule has 2 N–H and O–H groups in total. The van der Waals surface area contributed by atoms with E-state index in [-0.39, 0.29) is 11.9 Å². The van der Waals surface area contributed by atoms with Crippen LogP contribution in [0.15, 0.2) is 27.8 Å². The molecule has 1 rings (SSSR count). The van der Waals surface area contributed by atoms with Gasteiger partial charge in [0.05, 0.1) is 12.8 Å². The molecule has 7 heteroatoms. The summed E-state index contributed by atoms with van der Waals surface area (Å²) in [5.41, 5.74) is 3.00. The van der Waals surface area contributed by atoms with Gasteiger partial charge in [0.25, 0.3) is 0 Å². The van der Waals surface area contributed by atoms with E-state index in [1.54, 1.807) is 19.2 Å². The summed E-state index contributed by atoms with van der Waals surface area (Å²) in [5.74, 6) is -0.355. The second-order valence-corrected chi connectivity index (χ2v) is 5.19. The Hall–Kier alpha value is -1.05. The standard InChI is InChI=1S/C12H15BrFN3OS/c1-8(7-18-2)16-12(19)17-15-6-9-3-4-10(13)5-11(9)14/h3-6,8H,7H2,1-2H3,(H2,16,17,19)/b15-6-/t8-/m0/s1. The first kappa shape index (κ1) is 16.0. The van der Waals surface area contributed by atoms with Crippen molar-refractivity contribution in [2.45, 2.75) is 13.0 Å². The summed E-state index contributed by atoms with van der Waals surface area (Å²) in [4.78, 5) is 0. The largest absolute Gasteiger partial charge is 0.383 e. The highest BCUT2D eigenvalue weighted by Crippen LogP contribution is 2.13. The van der Waals surface area contributed by atoms with Gasteiger partial charge < -0.3 is 10.1 Å². The fraction of sp³-hybridized carbons (Fsp3) is 0.333. The zero-order valence-corrected chi connectivity index (χ0v) is 13.0. The summed E-state index contributed by atoms with van der Waals surface area (Å²) in [7, 11) is 1.61. The monoisotopic (exact) mass is 347 g/mol. The molecule has 0 amide bonds. The first-order chi connectivity index (χ1) is 9.02. The van der Waals surface area contributed by atoms with Gasteiger partial charge in [-0.2, -0.15) is 5.10 Å². The average molecular weight is 348 g/mol. The van der Waals surface area contributed by atoms with Crippen molar-refractivity contribution in [3.05, 3.63) is 34.1 Å². The van der Waals surface area contributed by atoms with Crippen LogP contribution in [0, 0.1) is 5.82 Å². The van der Waals surface area contributed by atoms with Crippen LogP contribution < -0.4 is 10.7 Å². The van der Waals surface area contributed by atoms with Crippen LogP contribution in [0.1, 0.15) is 12.5 Å². The molecule has 104 valence electrons. The van der Waals surface area contributed by atoms with Gasteiger partial charge in [-0.05, 0) is 37.3 Å². The van der Waals surface area contributed by atoms with Crippen LogP contribution in [0.25, 0.3) is 0 Å². The maximum atomic E-state index is 13.5. The molecule has 1 aromatic carbocycles. The zero-order chi connectivity index (χ0) is 14.3. The molecule has 1 atom stereocenters. The van der Waals surface area contributed by atoms with Crippen molar-refractivity contribution in [3.63, 3.8) is 0 Å². The fourth-order valence-electron chi connectivity index (χ4n) is 1.31. The maximum absolute atomic E-state index is 13.5.